The van der Waals surface area contributed by atoms with Gasteiger partial charge in [0.25, 0.3) is 0 Å². The van der Waals surface area contributed by atoms with Crippen molar-refractivity contribution < 1.29 is 9.72 Å². The van der Waals surface area contributed by atoms with Crippen LogP contribution in [0.25, 0.3) is 0 Å². The van der Waals surface area contributed by atoms with Gasteiger partial charge in [0.15, 0.2) is 0 Å². The zero-order valence-electron chi connectivity index (χ0n) is 11.6. The van der Waals surface area contributed by atoms with Crippen LogP contribution in [0.15, 0.2) is 12.3 Å². The van der Waals surface area contributed by atoms with E-state index in [0.717, 1.165) is 25.9 Å². The van der Waals surface area contributed by atoms with Crippen molar-refractivity contribution in [3.63, 3.8) is 0 Å². The summed E-state index contributed by atoms with van der Waals surface area (Å²) in [6.07, 6.45) is 3.53. The molecule has 0 aliphatic carbocycles. The third-order valence-corrected chi connectivity index (χ3v) is 3.45. The largest absolute Gasteiger partial charge is 0.353 e. The number of pyridine rings is 1. The van der Waals surface area contributed by atoms with Gasteiger partial charge in [-0.2, -0.15) is 0 Å². The molecule has 1 N–H and O–H groups in total. The summed E-state index contributed by atoms with van der Waals surface area (Å²) in [4.78, 5) is 28.6. The highest BCUT2D eigenvalue weighted by atomic mass is 16.6. The van der Waals surface area contributed by atoms with Gasteiger partial charge in [0.2, 0.25) is 11.7 Å². The molecule has 2 heterocycles. The monoisotopic (exact) mass is 278 g/mol. The maximum absolute atomic E-state index is 12.2. The van der Waals surface area contributed by atoms with Gasteiger partial charge < -0.3 is 10.2 Å². The van der Waals surface area contributed by atoms with E-state index < -0.39 is 11.0 Å². The van der Waals surface area contributed by atoms with Crippen LogP contribution in [0.3, 0.4) is 0 Å². The molecule has 1 saturated heterocycles. The SMILES string of the molecule is Cc1ccnc(NC(C)C(=O)N2CCCC2)c1[N+](=O)[O-]. The van der Waals surface area contributed by atoms with E-state index in [2.05, 4.69) is 10.3 Å². The lowest BCUT2D eigenvalue weighted by Crippen LogP contribution is -2.39. The average Bonchev–Trinajstić information content (AvgIpc) is 2.91. The minimum Gasteiger partial charge on any atom is -0.353 e. The fourth-order valence-corrected chi connectivity index (χ4v) is 2.36. The van der Waals surface area contributed by atoms with Crippen LogP contribution in [-0.2, 0) is 4.79 Å². The van der Waals surface area contributed by atoms with Crippen molar-refractivity contribution in [1.29, 1.82) is 0 Å². The standard InChI is InChI=1S/C13H18N4O3/c1-9-5-6-14-12(11(9)17(19)20)15-10(2)13(18)16-7-3-4-8-16/h5-6,10H,3-4,7-8H2,1-2H3,(H,14,15). The summed E-state index contributed by atoms with van der Waals surface area (Å²) in [5, 5.41) is 13.9. The number of nitrogens with zero attached hydrogens (tertiary/aromatic N) is 3. The molecule has 0 bridgehead atoms. The van der Waals surface area contributed by atoms with E-state index in [0.29, 0.717) is 5.56 Å². The summed E-state index contributed by atoms with van der Waals surface area (Å²) in [5.74, 6) is 0.107. The number of hydrogen-bond acceptors (Lipinski definition) is 5. The summed E-state index contributed by atoms with van der Waals surface area (Å²) in [7, 11) is 0. The molecule has 1 aliphatic heterocycles. The van der Waals surface area contributed by atoms with Gasteiger partial charge in [0, 0.05) is 24.8 Å². The van der Waals surface area contributed by atoms with Crippen molar-refractivity contribution in [3.05, 3.63) is 27.9 Å². The molecule has 1 unspecified atom stereocenters. The maximum Gasteiger partial charge on any atom is 0.314 e. The van der Waals surface area contributed by atoms with E-state index in [1.807, 2.05) is 0 Å². The van der Waals surface area contributed by atoms with Gasteiger partial charge >= 0.3 is 5.69 Å². The Morgan fingerprint density at radius 1 is 1.50 bits per heavy atom. The number of hydrogen-bond donors (Lipinski definition) is 1. The zero-order chi connectivity index (χ0) is 14.7. The fourth-order valence-electron chi connectivity index (χ4n) is 2.36. The third kappa shape index (κ3) is 2.87. The molecule has 1 atom stereocenters. The highest BCUT2D eigenvalue weighted by Gasteiger charge is 2.26. The highest BCUT2D eigenvalue weighted by molar-refractivity contribution is 5.85. The summed E-state index contributed by atoms with van der Waals surface area (Å²) in [6.45, 7) is 4.87. The smallest absolute Gasteiger partial charge is 0.314 e. The van der Waals surface area contributed by atoms with E-state index >= 15 is 0 Å². The molecule has 108 valence electrons. The lowest BCUT2D eigenvalue weighted by atomic mass is 10.2. The van der Waals surface area contributed by atoms with E-state index in [9.17, 15) is 14.9 Å². The number of nitrogens with one attached hydrogen (secondary N) is 1. The molecule has 1 aromatic rings. The molecule has 0 saturated carbocycles. The van der Waals surface area contributed by atoms with E-state index in [1.54, 1.807) is 24.8 Å². The van der Waals surface area contributed by atoms with Crippen LogP contribution in [-0.4, -0.2) is 39.8 Å². The first kappa shape index (κ1) is 14.2. The van der Waals surface area contributed by atoms with Crippen LogP contribution in [0.2, 0.25) is 0 Å². The normalized spacial score (nSPS) is 16.0. The number of likely N-dealkylation sites (tertiary alicyclic amines) is 1. The van der Waals surface area contributed by atoms with Gasteiger partial charge in [-0.3, -0.25) is 14.9 Å². The van der Waals surface area contributed by atoms with Gasteiger partial charge in [-0.15, -0.1) is 0 Å². The van der Waals surface area contributed by atoms with Crippen LogP contribution < -0.4 is 5.32 Å². The molecule has 20 heavy (non-hydrogen) atoms. The topological polar surface area (TPSA) is 88.4 Å². The number of aromatic nitrogens is 1. The number of carbonyl (C=O) groups is 1. The highest BCUT2D eigenvalue weighted by Crippen LogP contribution is 2.26. The molecular weight excluding hydrogens is 260 g/mol. The predicted octanol–water partition coefficient (Wildman–Crippen LogP) is 1.72. The second-order valence-corrected chi connectivity index (χ2v) is 4.98. The van der Waals surface area contributed by atoms with Gasteiger partial charge in [-0.05, 0) is 32.8 Å². The van der Waals surface area contributed by atoms with Crippen LogP contribution in [0.5, 0.6) is 0 Å². The van der Waals surface area contributed by atoms with Gasteiger partial charge in [0.05, 0.1) is 4.92 Å². The molecule has 1 aliphatic rings. The van der Waals surface area contributed by atoms with Crippen LogP contribution in [0.1, 0.15) is 25.3 Å². The Morgan fingerprint density at radius 3 is 2.75 bits per heavy atom. The van der Waals surface area contributed by atoms with Crippen molar-refractivity contribution in [1.82, 2.24) is 9.88 Å². The quantitative estimate of drug-likeness (QED) is 0.669. The number of rotatable bonds is 4. The summed E-state index contributed by atoms with van der Waals surface area (Å²) >= 11 is 0. The Morgan fingerprint density at radius 2 is 2.15 bits per heavy atom. The first-order valence-corrected chi connectivity index (χ1v) is 6.66. The molecule has 2 rings (SSSR count). The molecule has 0 radical (unpaired) electrons. The molecule has 0 spiro atoms. The molecule has 1 aromatic heterocycles. The minimum absolute atomic E-state index is 0.0416. The number of amides is 1. The van der Waals surface area contributed by atoms with Crippen molar-refractivity contribution in [3.8, 4) is 0 Å². The van der Waals surface area contributed by atoms with E-state index in [1.165, 1.54) is 6.20 Å². The summed E-state index contributed by atoms with van der Waals surface area (Å²) < 4.78 is 0. The third-order valence-electron chi connectivity index (χ3n) is 3.45. The lowest BCUT2D eigenvalue weighted by Gasteiger charge is -2.21. The van der Waals surface area contributed by atoms with Crippen molar-refractivity contribution in [2.45, 2.75) is 32.7 Å². The number of anilines is 1. The van der Waals surface area contributed by atoms with Gasteiger partial charge in [0.1, 0.15) is 6.04 Å². The van der Waals surface area contributed by atoms with Crippen molar-refractivity contribution in [2.75, 3.05) is 18.4 Å². The second-order valence-electron chi connectivity index (χ2n) is 4.98. The van der Waals surface area contributed by atoms with Gasteiger partial charge in [-0.25, -0.2) is 4.98 Å². The predicted molar refractivity (Wildman–Crippen MR) is 74.5 cm³/mol. The molecule has 7 heteroatoms. The molecule has 7 nitrogen and oxygen atoms in total. The van der Waals surface area contributed by atoms with Crippen LogP contribution in [0.4, 0.5) is 11.5 Å². The van der Waals surface area contributed by atoms with Crippen LogP contribution in [0, 0.1) is 17.0 Å². The van der Waals surface area contributed by atoms with E-state index in [-0.39, 0.29) is 17.4 Å². The number of nitro groups is 1. The fraction of sp³-hybridized carbons (Fsp3) is 0.538. The Bertz CT molecular complexity index is 526. The second kappa shape index (κ2) is 5.85. The Balaban J connectivity index is 2.15. The first-order chi connectivity index (χ1) is 9.50. The molecular formula is C13H18N4O3. The number of carbonyl (C=O) groups excluding carboxylic acids is 1. The molecule has 1 fully saturated rings. The Kier molecular flexibility index (Phi) is 4.16. The van der Waals surface area contributed by atoms with Crippen LogP contribution >= 0.6 is 0 Å². The first-order valence-electron chi connectivity index (χ1n) is 6.66. The zero-order valence-corrected chi connectivity index (χ0v) is 11.6. The van der Waals surface area contributed by atoms with Gasteiger partial charge in [-0.1, -0.05) is 0 Å². The average molecular weight is 278 g/mol. The van der Waals surface area contributed by atoms with Crippen molar-refractivity contribution in [2.24, 2.45) is 0 Å². The minimum atomic E-state index is -0.527. The molecule has 0 aromatic carbocycles. The summed E-state index contributed by atoms with van der Waals surface area (Å²) in [5.41, 5.74) is 0.446. The number of aryl methyl sites for hydroxylation is 1. The Labute approximate surface area is 117 Å². The van der Waals surface area contributed by atoms with Crippen molar-refractivity contribution >= 4 is 17.4 Å². The lowest BCUT2D eigenvalue weighted by molar-refractivity contribution is -0.384. The Hall–Kier alpha value is -2.18. The maximum atomic E-state index is 12.2. The van der Waals surface area contributed by atoms with E-state index in [4.69, 9.17) is 0 Å². The summed E-state index contributed by atoms with van der Waals surface area (Å²) in [6, 6.07) is 1.05. The molecule has 1 amide bonds.